The molecule has 130 valence electrons. The van der Waals surface area contributed by atoms with Gasteiger partial charge in [0.15, 0.2) is 11.6 Å². The lowest BCUT2D eigenvalue weighted by Gasteiger charge is -2.33. The van der Waals surface area contributed by atoms with Crippen molar-refractivity contribution in [3.8, 4) is 17.0 Å². The zero-order valence-electron chi connectivity index (χ0n) is 14.5. The second kappa shape index (κ2) is 6.46. The molecule has 25 heavy (non-hydrogen) atoms. The molecular weight excluding hydrogens is 316 g/mol. The molecule has 4 rings (SSSR count). The molecule has 6 nitrogen and oxygen atoms in total. The van der Waals surface area contributed by atoms with Gasteiger partial charge in [-0.05, 0) is 24.2 Å². The maximum absolute atomic E-state index is 5.84. The van der Waals surface area contributed by atoms with Crippen molar-refractivity contribution in [2.75, 3.05) is 27.2 Å². The summed E-state index contributed by atoms with van der Waals surface area (Å²) in [5.74, 6) is 1.42. The van der Waals surface area contributed by atoms with E-state index in [1.807, 2.05) is 12.1 Å². The van der Waals surface area contributed by atoms with Gasteiger partial charge in [0.1, 0.15) is 0 Å². The first kappa shape index (κ1) is 16.1. The number of piperidine rings is 1. The van der Waals surface area contributed by atoms with Crippen molar-refractivity contribution in [1.82, 2.24) is 15.4 Å². The van der Waals surface area contributed by atoms with Crippen molar-refractivity contribution in [2.24, 2.45) is 4.99 Å². The summed E-state index contributed by atoms with van der Waals surface area (Å²) in [7, 11) is 3.75. The molecule has 2 aromatic rings. The molecule has 3 heterocycles. The standard InChI is InChI=1S/C19H22N4O2/c1-23-11-8-19(9-12-23)21-18(22-25-19)15-5-3-14(4-6-15)16-7-10-20-17(13-16)24-2/h3-7,10,13H,8-9,11-12H2,1-2H3,(H,21,22). The van der Waals surface area contributed by atoms with Crippen molar-refractivity contribution in [2.45, 2.75) is 18.6 Å². The van der Waals surface area contributed by atoms with E-state index < -0.39 is 5.72 Å². The van der Waals surface area contributed by atoms with Gasteiger partial charge in [0.25, 0.3) is 0 Å². The van der Waals surface area contributed by atoms with Crippen LogP contribution in [0.25, 0.3) is 11.1 Å². The summed E-state index contributed by atoms with van der Waals surface area (Å²) in [6.45, 7) is 2.00. The van der Waals surface area contributed by atoms with Crippen molar-refractivity contribution in [3.05, 3.63) is 48.2 Å². The summed E-state index contributed by atoms with van der Waals surface area (Å²) in [5.41, 5.74) is 5.83. The van der Waals surface area contributed by atoms with Gasteiger partial charge in [0.05, 0.1) is 7.11 Å². The number of likely N-dealkylation sites (tertiary alicyclic amines) is 1. The quantitative estimate of drug-likeness (QED) is 0.932. The third-order valence-corrected chi connectivity index (χ3v) is 4.86. The number of methoxy groups -OCH3 is 1. The minimum atomic E-state index is -0.404. The van der Waals surface area contributed by atoms with Gasteiger partial charge in [-0.2, -0.15) is 0 Å². The van der Waals surface area contributed by atoms with Crippen LogP contribution in [0.1, 0.15) is 18.4 Å². The first-order chi connectivity index (χ1) is 12.2. The molecule has 0 saturated carbocycles. The molecule has 0 aliphatic carbocycles. The predicted molar refractivity (Wildman–Crippen MR) is 96.4 cm³/mol. The Morgan fingerprint density at radius 3 is 2.52 bits per heavy atom. The molecule has 1 saturated heterocycles. The summed E-state index contributed by atoms with van der Waals surface area (Å²) in [5, 5.41) is 0. The molecule has 2 aliphatic heterocycles. The van der Waals surface area contributed by atoms with Gasteiger partial charge in [-0.3, -0.25) is 0 Å². The Morgan fingerprint density at radius 2 is 1.80 bits per heavy atom. The fraction of sp³-hybridized carbons (Fsp3) is 0.368. The Labute approximate surface area is 147 Å². The molecule has 1 fully saturated rings. The first-order valence-corrected chi connectivity index (χ1v) is 8.51. The molecule has 1 aromatic carbocycles. The van der Waals surface area contributed by atoms with Crippen molar-refractivity contribution in [1.29, 1.82) is 0 Å². The van der Waals surface area contributed by atoms with Crippen molar-refractivity contribution >= 4 is 5.84 Å². The van der Waals surface area contributed by atoms with E-state index >= 15 is 0 Å². The molecule has 0 bridgehead atoms. The van der Waals surface area contributed by atoms with Crippen LogP contribution in [-0.2, 0) is 4.84 Å². The van der Waals surface area contributed by atoms with Crippen molar-refractivity contribution in [3.63, 3.8) is 0 Å². The van der Waals surface area contributed by atoms with Crippen LogP contribution in [0.15, 0.2) is 47.6 Å². The lowest BCUT2D eigenvalue weighted by atomic mass is 10.0. The highest BCUT2D eigenvalue weighted by Gasteiger charge is 2.39. The Hall–Kier alpha value is -2.44. The molecular formula is C19H22N4O2. The van der Waals surface area contributed by atoms with Crippen molar-refractivity contribution < 1.29 is 9.57 Å². The van der Waals surface area contributed by atoms with Crippen LogP contribution >= 0.6 is 0 Å². The van der Waals surface area contributed by atoms with E-state index in [1.54, 1.807) is 13.3 Å². The van der Waals surface area contributed by atoms with Gasteiger partial charge >= 0.3 is 0 Å². The van der Waals surface area contributed by atoms with Gasteiger partial charge in [-0.25, -0.2) is 20.3 Å². The van der Waals surface area contributed by atoms with Crippen LogP contribution in [0.4, 0.5) is 0 Å². The summed E-state index contributed by atoms with van der Waals surface area (Å²) >= 11 is 0. The number of ether oxygens (including phenoxy) is 1. The Balaban J connectivity index is 1.54. The van der Waals surface area contributed by atoms with Gasteiger partial charge in [-0.15, -0.1) is 0 Å². The minimum Gasteiger partial charge on any atom is -0.481 e. The molecule has 6 heteroatoms. The SMILES string of the molecule is COc1cc(-c2ccc(C3=NC4(CCN(C)CC4)ON3)cc2)ccn1. The summed E-state index contributed by atoms with van der Waals surface area (Å²) in [6.07, 6.45) is 3.58. The van der Waals surface area contributed by atoms with Gasteiger partial charge < -0.3 is 9.64 Å². The smallest absolute Gasteiger partial charge is 0.213 e. The van der Waals surface area contributed by atoms with E-state index in [1.165, 1.54) is 0 Å². The molecule has 0 amide bonds. The van der Waals surface area contributed by atoms with Gasteiger partial charge in [0.2, 0.25) is 5.88 Å². The Kier molecular flexibility index (Phi) is 4.15. The number of nitrogens with zero attached hydrogens (tertiary/aromatic N) is 3. The van der Waals surface area contributed by atoms with E-state index in [0.29, 0.717) is 5.88 Å². The highest BCUT2D eigenvalue weighted by molar-refractivity contribution is 5.99. The first-order valence-electron chi connectivity index (χ1n) is 8.51. The van der Waals surface area contributed by atoms with Crippen LogP contribution in [0.5, 0.6) is 5.88 Å². The van der Waals surface area contributed by atoms with E-state index in [0.717, 1.165) is 48.5 Å². The number of benzene rings is 1. The van der Waals surface area contributed by atoms with Gasteiger partial charge in [0, 0.05) is 43.8 Å². The van der Waals surface area contributed by atoms with E-state index in [9.17, 15) is 0 Å². The number of rotatable bonds is 3. The second-order valence-corrected chi connectivity index (χ2v) is 6.58. The number of pyridine rings is 1. The Morgan fingerprint density at radius 1 is 1.08 bits per heavy atom. The maximum atomic E-state index is 5.84. The number of amidine groups is 1. The fourth-order valence-electron chi connectivity index (χ4n) is 3.22. The molecule has 0 radical (unpaired) electrons. The fourth-order valence-corrected chi connectivity index (χ4v) is 3.22. The Bertz CT molecular complexity index is 780. The molecule has 2 aliphatic rings. The number of hydrogen-bond acceptors (Lipinski definition) is 6. The monoisotopic (exact) mass is 338 g/mol. The minimum absolute atomic E-state index is 0.404. The second-order valence-electron chi connectivity index (χ2n) is 6.58. The number of aromatic nitrogens is 1. The topological polar surface area (TPSA) is 59.0 Å². The average Bonchev–Trinajstić information content (AvgIpc) is 3.08. The van der Waals surface area contributed by atoms with Crippen LogP contribution in [0.2, 0.25) is 0 Å². The third-order valence-electron chi connectivity index (χ3n) is 4.86. The number of nitrogens with one attached hydrogen (secondary N) is 1. The highest BCUT2D eigenvalue weighted by atomic mass is 16.7. The highest BCUT2D eigenvalue weighted by Crippen LogP contribution is 2.31. The summed E-state index contributed by atoms with van der Waals surface area (Å²) in [6, 6.07) is 12.2. The summed E-state index contributed by atoms with van der Waals surface area (Å²) in [4.78, 5) is 17.1. The zero-order valence-corrected chi connectivity index (χ0v) is 14.5. The molecule has 0 atom stereocenters. The normalized spacial score (nSPS) is 19.5. The number of hydroxylamine groups is 1. The largest absolute Gasteiger partial charge is 0.481 e. The molecule has 0 unspecified atom stereocenters. The molecule has 1 aromatic heterocycles. The van der Waals surface area contributed by atoms with Crippen LogP contribution in [0, 0.1) is 0 Å². The number of hydrogen-bond donors (Lipinski definition) is 1. The predicted octanol–water partition coefficient (Wildman–Crippen LogP) is 2.46. The van der Waals surface area contributed by atoms with Crippen LogP contribution < -0.4 is 10.2 Å². The lowest BCUT2D eigenvalue weighted by Crippen LogP contribution is -2.42. The molecule has 1 N–H and O–H groups in total. The third kappa shape index (κ3) is 3.23. The summed E-state index contributed by atoms with van der Waals surface area (Å²) < 4.78 is 5.19. The van der Waals surface area contributed by atoms with Crippen LogP contribution in [-0.4, -0.2) is 48.7 Å². The van der Waals surface area contributed by atoms with Gasteiger partial charge in [-0.1, -0.05) is 24.3 Å². The lowest BCUT2D eigenvalue weighted by molar-refractivity contribution is -0.0863. The molecule has 1 spiro atoms. The van der Waals surface area contributed by atoms with E-state index in [-0.39, 0.29) is 0 Å². The van der Waals surface area contributed by atoms with Crippen LogP contribution in [0.3, 0.4) is 0 Å². The average molecular weight is 338 g/mol. The number of aliphatic imine (C=N–C) groups is 1. The maximum Gasteiger partial charge on any atom is 0.213 e. The van der Waals surface area contributed by atoms with E-state index in [4.69, 9.17) is 14.6 Å². The van der Waals surface area contributed by atoms with E-state index in [2.05, 4.69) is 46.7 Å². The zero-order chi connectivity index (χ0) is 17.3.